The zero-order chi connectivity index (χ0) is 20.0. The van der Waals surface area contributed by atoms with Crippen molar-refractivity contribution in [3.63, 3.8) is 0 Å². The van der Waals surface area contributed by atoms with Crippen LogP contribution in [-0.4, -0.2) is 8.42 Å². The smallest absolute Gasteiger partial charge is 0.199 e. The molecule has 4 heteroatoms. The molecule has 1 unspecified atom stereocenters. The highest BCUT2D eigenvalue weighted by atomic mass is 32.2. The van der Waals surface area contributed by atoms with E-state index < -0.39 is 9.84 Å². The van der Waals surface area contributed by atoms with Crippen LogP contribution in [0.4, 0.5) is 0 Å². The van der Waals surface area contributed by atoms with Crippen molar-refractivity contribution in [3.05, 3.63) is 71.6 Å². The van der Waals surface area contributed by atoms with Gasteiger partial charge in [-0.3, -0.25) is 0 Å². The monoisotopic (exact) mass is 386 g/mol. The van der Waals surface area contributed by atoms with Crippen LogP contribution in [0.25, 0.3) is 0 Å². The van der Waals surface area contributed by atoms with Gasteiger partial charge in [0.05, 0.1) is 4.90 Å². The maximum absolute atomic E-state index is 11.9. The summed E-state index contributed by atoms with van der Waals surface area (Å²) in [7, 11) is -3.45. The van der Waals surface area contributed by atoms with Crippen molar-refractivity contribution in [3.8, 4) is 5.75 Å². The third kappa shape index (κ3) is 5.96. The van der Waals surface area contributed by atoms with Crippen LogP contribution in [0.5, 0.6) is 5.75 Å². The van der Waals surface area contributed by atoms with E-state index >= 15 is 0 Å². The third-order valence-electron chi connectivity index (χ3n) is 4.70. The van der Waals surface area contributed by atoms with Gasteiger partial charge in [-0.2, -0.15) is 0 Å². The average molecular weight is 387 g/mol. The minimum absolute atomic E-state index is 0.193. The standard InChI is InChI=1S/C23H30O3S/c1-6-27(24,25)22-9-7-8-21(15-22)26-16-19-10-12-20(13-11-19)23(18(4)5)14-17(2)3/h6-13,15,17-18,23H,1,14,16H2,2-5H3. The van der Waals surface area contributed by atoms with E-state index in [4.69, 9.17) is 4.74 Å². The summed E-state index contributed by atoms with van der Waals surface area (Å²) in [5.41, 5.74) is 2.42. The Morgan fingerprint density at radius 3 is 2.26 bits per heavy atom. The van der Waals surface area contributed by atoms with Crippen LogP contribution in [0.1, 0.15) is 51.2 Å². The summed E-state index contributed by atoms with van der Waals surface area (Å²) in [5.74, 6) is 2.35. The molecule has 0 aliphatic rings. The second-order valence-corrected chi connectivity index (χ2v) is 9.59. The molecule has 3 nitrogen and oxygen atoms in total. The molecule has 2 aromatic carbocycles. The molecule has 0 aliphatic heterocycles. The molecule has 0 spiro atoms. The molecule has 27 heavy (non-hydrogen) atoms. The lowest BCUT2D eigenvalue weighted by Gasteiger charge is -2.23. The van der Waals surface area contributed by atoms with Crippen LogP contribution < -0.4 is 4.74 Å². The summed E-state index contributed by atoms with van der Waals surface area (Å²) in [6.07, 6.45) is 1.18. The number of rotatable bonds is 9. The number of hydrogen-bond donors (Lipinski definition) is 0. The van der Waals surface area contributed by atoms with Crippen LogP contribution in [0.3, 0.4) is 0 Å². The Kier molecular flexibility index (Phi) is 7.25. The molecule has 0 N–H and O–H groups in total. The van der Waals surface area contributed by atoms with E-state index in [1.54, 1.807) is 18.2 Å². The summed E-state index contributed by atoms with van der Waals surface area (Å²) in [5, 5.41) is 0.952. The quantitative estimate of drug-likeness (QED) is 0.533. The SMILES string of the molecule is C=CS(=O)(=O)c1cccc(OCc2ccc(C(CC(C)C)C(C)C)cc2)c1. The first-order chi connectivity index (χ1) is 12.7. The van der Waals surface area contributed by atoms with Crippen LogP contribution in [0.2, 0.25) is 0 Å². The summed E-state index contributed by atoms with van der Waals surface area (Å²) in [4.78, 5) is 0.193. The predicted octanol–water partition coefficient (Wildman–Crippen LogP) is 5.97. The molecule has 2 aromatic rings. The first-order valence-electron chi connectivity index (χ1n) is 9.42. The molecule has 0 aromatic heterocycles. The van der Waals surface area contributed by atoms with Crippen molar-refractivity contribution < 1.29 is 13.2 Å². The van der Waals surface area contributed by atoms with Gasteiger partial charge < -0.3 is 4.74 Å². The topological polar surface area (TPSA) is 43.4 Å². The van der Waals surface area contributed by atoms with E-state index in [0.717, 1.165) is 11.0 Å². The van der Waals surface area contributed by atoms with Gasteiger partial charge in [0, 0.05) is 5.41 Å². The highest BCUT2D eigenvalue weighted by molar-refractivity contribution is 7.94. The van der Waals surface area contributed by atoms with Crippen molar-refractivity contribution in [2.24, 2.45) is 11.8 Å². The van der Waals surface area contributed by atoms with E-state index in [0.29, 0.717) is 30.1 Å². The minimum atomic E-state index is -3.45. The Morgan fingerprint density at radius 1 is 1.04 bits per heavy atom. The molecule has 0 amide bonds. The third-order valence-corrected chi connectivity index (χ3v) is 6.05. The van der Waals surface area contributed by atoms with Gasteiger partial charge in [-0.05, 0) is 53.5 Å². The average Bonchev–Trinajstić information content (AvgIpc) is 2.65. The van der Waals surface area contributed by atoms with Crippen molar-refractivity contribution in [2.75, 3.05) is 0 Å². The lowest BCUT2D eigenvalue weighted by molar-refractivity contribution is 0.305. The molecular formula is C23H30O3S. The molecule has 0 bridgehead atoms. The molecular weight excluding hydrogens is 356 g/mol. The van der Waals surface area contributed by atoms with Crippen LogP contribution >= 0.6 is 0 Å². The second kappa shape index (κ2) is 9.23. The first kappa shape index (κ1) is 21.2. The van der Waals surface area contributed by atoms with Gasteiger partial charge in [0.15, 0.2) is 9.84 Å². The maximum atomic E-state index is 11.9. The van der Waals surface area contributed by atoms with Crippen LogP contribution in [0, 0.1) is 11.8 Å². The first-order valence-corrected chi connectivity index (χ1v) is 11.0. The molecule has 0 radical (unpaired) electrons. The van der Waals surface area contributed by atoms with Gasteiger partial charge in [-0.15, -0.1) is 0 Å². The van der Waals surface area contributed by atoms with Gasteiger partial charge in [-0.25, -0.2) is 8.42 Å². The largest absolute Gasteiger partial charge is 0.489 e. The second-order valence-electron chi connectivity index (χ2n) is 7.70. The van der Waals surface area contributed by atoms with Crippen LogP contribution in [0.15, 0.2) is 65.4 Å². The predicted molar refractivity (Wildman–Crippen MR) is 112 cm³/mol. The molecule has 0 saturated heterocycles. The fourth-order valence-electron chi connectivity index (χ4n) is 3.17. The highest BCUT2D eigenvalue weighted by Crippen LogP contribution is 2.31. The lowest BCUT2D eigenvalue weighted by Crippen LogP contribution is -2.10. The Balaban J connectivity index is 2.07. The number of benzene rings is 2. The molecule has 0 aliphatic carbocycles. The van der Waals surface area contributed by atoms with E-state index in [-0.39, 0.29) is 4.90 Å². The van der Waals surface area contributed by atoms with E-state index in [1.165, 1.54) is 18.1 Å². The minimum Gasteiger partial charge on any atom is -0.489 e. The highest BCUT2D eigenvalue weighted by Gasteiger charge is 2.17. The van der Waals surface area contributed by atoms with Gasteiger partial charge in [-0.1, -0.05) is 64.6 Å². The molecule has 146 valence electrons. The molecule has 0 fully saturated rings. The Hall–Kier alpha value is -2.07. The fourth-order valence-corrected chi connectivity index (χ4v) is 3.91. The van der Waals surface area contributed by atoms with Crippen molar-refractivity contribution >= 4 is 9.84 Å². The normalized spacial score (nSPS) is 13.0. The number of sulfone groups is 1. The van der Waals surface area contributed by atoms with Crippen molar-refractivity contribution in [1.29, 1.82) is 0 Å². The van der Waals surface area contributed by atoms with Crippen molar-refractivity contribution in [2.45, 2.75) is 51.5 Å². The molecule has 0 saturated carbocycles. The maximum Gasteiger partial charge on any atom is 0.199 e. The Labute approximate surface area is 164 Å². The Bertz CT molecular complexity index is 849. The van der Waals surface area contributed by atoms with E-state index in [2.05, 4.69) is 58.5 Å². The molecule has 2 rings (SSSR count). The molecule has 0 heterocycles. The van der Waals surface area contributed by atoms with Crippen molar-refractivity contribution in [1.82, 2.24) is 0 Å². The summed E-state index contributed by atoms with van der Waals surface area (Å²) in [6, 6.07) is 15.1. The number of hydrogen-bond acceptors (Lipinski definition) is 3. The van der Waals surface area contributed by atoms with Gasteiger partial charge in [0.2, 0.25) is 0 Å². The fraction of sp³-hybridized carbons (Fsp3) is 0.391. The summed E-state index contributed by atoms with van der Waals surface area (Å²) >= 11 is 0. The lowest BCUT2D eigenvalue weighted by atomic mass is 9.82. The molecule has 1 atom stereocenters. The Morgan fingerprint density at radius 2 is 1.70 bits per heavy atom. The zero-order valence-corrected chi connectivity index (χ0v) is 17.5. The zero-order valence-electron chi connectivity index (χ0n) is 16.7. The summed E-state index contributed by atoms with van der Waals surface area (Å²) in [6.45, 7) is 12.8. The van der Waals surface area contributed by atoms with Crippen LogP contribution in [-0.2, 0) is 16.4 Å². The van der Waals surface area contributed by atoms with Gasteiger partial charge >= 0.3 is 0 Å². The van der Waals surface area contributed by atoms with Gasteiger partial charge in [0.25, 0.3) is 0 Å². The van der Waals surface area contributed by atoms with Gasteiger partial charge in [0.1, 0.15) is 12.4 Å². The summed E-state index contributed by atoms with van der Waals surface area (Å²) < 4.78 is 29.6. The van der Waals surface area contributed by atoms with E-state index in [1.807, 2.05) is 0 Å². The number of ether oxygens (including phenoxy) is 1. The van der Waals surface area contributed by atoms with E-state index in [9.17, 15) is 8.42 Å².